The molecule has 0 aromatic heterocycles. The Labute approximate surface area is 131 Å². The average Bonchev–Trinajstić information content (AvgIpc) is 2.40. The summed E-state index contributed by atoms with van der Waals surface area (Å²) in [4.78, 5) is 0. The summed E-state index contributed by atoms with van der Waals surface area (Å²) in [5, 5.41) is 2.42. The minimum Gasteiger partial charge on any atom is -0.487 e. The predicted octanol–water partition coefficient (Wildman–Crippen LogP) is 5.12. The Morgan fingerprint density at radius 2 is 1.60 bits per heavy atom. The average molecular weight is 325 g/mol. The van der Waals surface area contributed by atoms with Crippen molar-refractivity contribution in [3.8, 4) is 5.75 Å². The highest BCUT2D eigenvalue weighted by molar-refractivity contribution is 6.88. The lowest BCUT2D eigenvalue weighted by Gasteiger charge is -2.17. The predicted molar refractivity (Wildman–Crippen MR) is 90.2 cm³/mol. The molecule has 4 heteroatoms. The van der Waals surface area contributed by atoms with Gasteiger partial charge in [-0.1, -0.05) is 78.4 Å². The molecule has 2 rings (SSSR count). The topological polar surface area (TPSA) is 9.23 Å². The standard InChI is InChI=1S/C16H18Cl2OSi/c1-20(2,3)13-9-7-12(8-10-13)11-19-15-6-4-5-14(17)16(15)18/h4-10H,11H2,1-3H3. The molecule has 0 bridgehead atoms. The molecule has 106 valence electrons. The van der Waals surface area contributed by atoms with Gasteiger partial charge in [-0.2, -0.15) is 0 Å². The van der Waals surface area contributed by atoms with Crippen LogP contribution >= 0.6 is 23.2 Å². The Morgan fingerprint density at radius 1 is 0.950 bits per heavy atom. The van der Waals surface area contributed by atoms with Gasteiger partial charge in [-0.05, 0) is 17.7 Å². The van der Waals surface area contributed by atoms with E-state index in [1.54, 1.807) is 6.07 Å². The Balaban J connectivity index is 2.06. The highest BCUT2D eigenvalue weighted by atomic mass is 35.5. The second kappa shape index (κ2) is 6.21. The van der Waals surface area contributed by atoms with Crippen LogP contribution in [0.2, 0.25) is 29.7 Å². The molecule has 1 nitrogen and oxygen atoms in total. The zero-order valence-corrected chi connectivity index (χ0v) is 14.4. The summed E-state index contributed by atoms with van der Waals surface area (Å²) in [6.45, 7) is 7.50. The summed E-state index contributed by atoms with van der Waals surface area (Å²) < 4.78 is 5.72. The third-order valence-corrected chi connectivity index (χ3v) is 6.00. The molecule has 0 aliphatic heterocycles. The van der Waals surface area contributed by atoms with Crippen molar-refractivity contribution in [2.24, 2.45) is 0 Å². The van der Waals surface area contributed by atoms with E-state index in [0.29, 0.717) is 22.4 Å². The normalized spacial score (nSPS) is 11.4. The number of rotatable bonds is 4. The Bertz CT molecular complexity index is 588. The molecule has 2 aromatic rings. The van der Waals surface area contributed by atoms with Gasteiger partial charge in [0.15, 0.2) is 0 Å². The van der Waals surface area contributed by atoms with Crippen molar-refractivity contribution in [3.05, 3.63) is 58.1 Å². The maximum Gasteiger partial charge on any atom is 0.139 e. The van der Waals surface area contributed by atoms with E-state index in [0.717, 1.165) is 5.56 Å². The van der Waals surface area contributed by atoms with Crippen LogP contribution in [0.4, 0.5) is 0 Å². The van der Waals surface area contributed by atoms with E-state index in [-0.39, 0.29) is 0 Å². The fourth-order valence-corrected chi connectivity index (χ4v) is 3.37. The van der Waals surface area contributed by atoms with Crippen molar-refractivity contribution in [2.45, 2.75) is 26.2 Å². The minimum absolute atomic E-state index is 0.466. The highest BCUT2D eigenvalue weighted by Gasteiger charge is 2.15. The molecule has 0 saturated carbocycles. The lowest BCUT2D eigenvalue weighted by atomic mass is 10.2. The largest absolute Gasteiger partial charge is 0.487 e. The summed E-state index contributed by atoms with van der Waals surface area (Å²) in [5.41, 5.74) is 1.13. The number of hydrogen-bond acceptors (Lipinski definition) is 1. The van der Waals surface area contributed by atoms with Crippen LogP contribution in [0.3, 0.4) is 0 Å². The van der Waals surface area contributed by atoms with Crippen molar-refractivity contribution in [1.29, 1.82) is 0 Å². The first-order chi connectivity index (χ1) is 9.38. The second-order valence-electron chi connectivity index (χ2n) is 5.79. The van der Waals surface area contributed by atoms with Gasteiger partial charge >= 0.3 is 0 Å². The maximum absolute atomic E-state index is 6.09. The number of hydrogen-bond donors (Lipinski definition) is 0. The zero-order valence-electron chi connectivity index (χ0n) is 11.9. The molecule has 0 fully saturated rings. The second-order valence-corrected chi connectivity index (χ2v) is 11.7. The SMILES string of the molecule is C[Si](C)(C)c1ccc(COc2cccc(Cl)c2Cl)cc1. The van der Waals surface area contributed by atoms with E-state index in [9.17, 15) is 0 Å². The van der Waals surface area contributed by atoms with Gasteiger partial charge in [-0.25, -0.2) is 0 Å². The van der Waals surface area contributed by atoms with Crippen molar-refractivity contribution < 1.29 is 4.74 Å². The van der Waals surface area contributed by atoms with E-state index >= 15 is 0 Å². The van der Waals surface area contributed by atoms with Crippen molar-refractivity contribution in [1.82, 2.24) is 0 Å². The minimum atomic E-state index is -1.24. The van der Waals surface area contributed by atoms with Crippen LogP contribution in [0, 0.1) is 0 Å². The summed E-state index contributed by atoms with van der Waals surface area (Å²) in [5.74, 6) is 0.619. The molecule has 20 heavy (non-hydrogen) atoms. The summed E-state index contributed by atoms with van der Waals surface area (Å²) in [7, 11) is -1.24. The van der Waals surface area contributed by atoms with E-state index in [2.05, 4.69) is 43.9 Å². The van der Waals surface area contributed by atoms with Crippen LogP contribution in [0.5, 0.6) is 5.75 Å². The Kier molecular flexibility index (Phi) is 4.79. The van der Waals surface area contributed by atoms with Crippen molar-refractivity contribution in [3.63, 3.8) is 0 Å². The molecule has 2 aromatic carbocycles. The summed E-state index contributed by atoms with van der Waals surface area (Å²) in [6.07, 6.45) is 0. The van der Waals surface area contributed by atoms with Crippen molar-refractivity contribution >= 4 is 36.5 Å². The number of halogens is 2. The van der Waals surface area contributed by atoms with E-state index in [1.165, 1.54) is 5.19 Å². The van der Waals surface area contributed by atoms with Gasteiger partial charge in [0.2, 0.25) is 0 Å². The molecular weight excluding hydrogens is 307 g/mol. The van der Waals surface area contributed by atoms with Gasteiger partial charge in [0.1, 0.15) is 17.4 Å². The van der Waals surface area contributed by atoms with Gasteiger partial charge < -0.3 is 4.74 Å². The first kappa shape index (κ1) is 15.4. The van der Waals surface area contributed by atoms with Crippen LogP contribution < -0.4 is 9.92 Å². The van der Waals surface area contributed by atoms with E-state index in [1.807, 2.05) is 12.1 Å². The van der Waals surface area contributed by atoms with Crippen molar-refractivity contribution in [2.75, 3.05) is 0 Å². The monoisotopic (exact) mass is 324 g/mol. The van der Waals surface area contributed by atoms with Gasteiger partial charge in [-0.15, -0.1) is 0 Å². The van der Waals surface area contributed by atoms with Crippen LogP contribution in [0.1, 0.15) is 5.56 Å². The highest BCUT2D eigenvalue weighted by Crippen LogP contribution is 2.31. The first-order valence-electron chi connectivity index (χ1n) is 6.54. The van der Waals surface area contributed by atoms with E-state index < -0.39 is 8.07 Å². The number of benzene rings is 2. The summed E-state index contributed by atoms with van der Waals surface area (Å²) >= 11 is 12.1. The molecule has 0 radical (unpaired) electrons. The van der Waals surface area contributed by atoms with Crippen LogP contribution in [-0.2, 0) is 6.61 Å². The molecule has 0 heterocycles. The van der Waals surface area contributed by atoms with Crippen LogP contribution in [-0.4, -0.2) is 8.07 Å². The van der Waals surface area contributed by atoms with Gasteiger partial charge in [0, 0.05) is 0 Å². The van der Waals surface area contributed by atoms with Crippen LogP contribution in [0.15, 0.2) is 42.5 Å². The lowest BCUT2D eigenvalue weighted by molar-refractivity contribution is 0.306. The first-order valence-corrected chi connectivity index (χ1v) is 10.8. The van der Waals surface area contributed by atoms with Gasteiger partial charge in [0.05, 0.1) is 13.1 Å². The molecular formula is C16H18Cl2OSi. The smallest absolute Gasteiger partial charge is 0.139 e. The fraction of sp³-hybridized carbons (Fsp3) is 0.250. The quantitative estimate of drug-likeness (QED) is 0.709. The molecule has 0 atom stereocenters. The lowest BCUT2D eigenvalue weighted by Crippen LogP contribution is -2.37. The fourth-order valence-electron chi connectivity index (χ4n) is 1.86. The third kappa shape index (κ3) is 3.78. The third-order valence-electron chi connectivity index (χ3n) is 3.13. The molecule has 0 N–H and O–H groups in total. The Morgan fingerprint density at radius 3 is 2.20 bits per heavy atom. The molecule has 0 aliphatic carbocycles. The number of ether oxygens (including phenoxy) is 1. The van der Waals surface area contributed by atoms with Crippen LogP contribution in [0.25, 0.3) is 0 Å². The van der Waals surface area contributed by atoms with Gasteiger partial charge in [0.25, 0.3) is 0 Å². The maximum atomic E-state index is 6.09. The summed E-state index contributed by atoms with van der Waals surface area (Å²) in [6, 6.07) is 14.0. The molecule has 0 amide bonds. The Hall–Kier alpha value is -0.963. The van der Waals surface area contributed by atoms with Gasteiger partial charge in [-0.3, -0.25) is 0 Å². The molecule has 0 spiro atoms. The molecule has 0 unspecified atom stereocenters. The molecule has 0 aliphatic rings. The molecule has 0 saturated heterocycles. The zero-order chi connectivity index (χ0) is 14.8. The van der Waals surface area contributed by atoms with E-state index in [4.69, 9.17) is 27.9 Å².